The number of carbonyl (C=O) groups excluding carboxylic acids is 1. The molecule has 0 spiro atoms. The highest BCUT2D eigenvalue weighted by Crippen LogP contribution is 2.25. The van der Waals surface area contributed by atoms with Gasteiger partial charge in [0.25, 0.3) is 0 Å². The van der Waals surface area contributed by atoms with Gasteiger partial charge in [0.05, 0.1) is 18.0 Å². The van der Waals surface area contributed by atoms with Gasteiger partial charge >= 0.3 is 0 Å². The number of benzene rings is 2. The van der Waals surface area contributed by atoms with Crippen molar-refractivity contribution in [1.29, 1.82) is 0 Å². The summed E-state index contributed by atoms with van der Waals surface area (Å²) in [5.74, 6) is -1.62. The van der Waals surface area contributed by atoms with Crippen molar-refractivity contribution < 1.29 is 22.0 Å². The van der Waals surface area contributed by atoms with Crippen LogP contribution in [-0.2, 0) is 14.8 Å². The van der Waals surface area contributed by atoms with Gasteiger partial charge in [-0.3, -0.25) is 9.10 Å². The molecule has 0 radical (unpaired) electrons. The zero-order chi connectivity index (χ0) is 24.9. The van der Waals surface area contributed by atoms with Gasteiger partial charge < -0.3 is 10.2 Å². The van der Waals surface area contributed by atoms with E-state index in [1.165, 1.54) is 24.6 Å². The minimum atomic E-state index is -3.72. The molecule has 34 heavy (non-hydrogen) atoms. The molecule has 1 saturated heterocycles. The maximum atomic E-state index is 13.6. The highest BCUT2D eigenvalue weighted by molar-refractivity contribution is 7.92. The van der Waals surface area contributed by atoms with E-state index in [1.807, 2.05) is 19.1 Å². The number of hydrogen-bond acceptors (Lipinski definition) is 4. The molecule has 1 aliphatic heterocycles. The van der Waals surface area contributed by atoms with Gasteiger partial charge in [-0.1, -0.05) is 19.1 Å². The monoisotopic (exact) mass is 493 g/mol. The Hall–Kier alpha value is -2.68. The van der Waals surface area contributed by atoms with Crippen LogP contribution in [-0.4, -0.2) is 40.2 Å². The number of carbonyl (C=O) groups is 1. The lowest BCUT2D eigenvalue weighted by Crippen LogP contribution is -2.33. The maximum absolute atomic E-state index is 13.6. The molecular weight excluding hydrogens is 460 g/mol. The third-order valence-corrected chi connectivity index (χ3v) is 7.47. The van der Waals surface area contributed by atoms with Gasteiger partial charge in [-0.25, -0.2) is 17.2 Å². The number of piperidine rings is 1. The summed E-state index contributed by atoms with van der Waals surface area (Å²) in [5, 5.41) is 2.94. The van der Waals surface area contributed by atoms with Gasteiger partial charge in [0.15, 0.2) is 11.6 Å². The lowest BCUT2D eigenvalue weighted by atomic mass is 9.98. The molecular formula is C25H33F2N3O3S. The largest absolute Gasteiger partial charge is 0.372 e. The second-order valence-electron chi connectivity index (χ2n) is 9.09. The highest BCUT2D eigenvalue weighted by atomic mass is 32.2. The van der Waals surface area contributed by atoms with Gasteiger partial charge in [-0.05, 0) is 61.9 Å². The Bertz CT molecular complexity index is 1090. The predicted molar refractivity (Wildman–Crippen MR) is 131 cm³/mol. The van der Waals surface area contributed by atoms with Crippen molar-refractivity contribution in [3.63, 3.8) is 0 Å². The molecule has 9 heteroatoms. The van der Waals surface area contributed by atoms with E-state index >= 15 is 0 Å². The summed E-state index contributed by atoms with van der Waals surface area (Å²) in [6, 6.07) is 10.9. The van der Waals surface area contributed by atoms with Crippen LogP contribution in [0.3, 0.4) is 0 Å². The number of sulfonamides is 1. The van der Waals surface area contributed by atoms with Gasteiger partial charge in [-0.2, -0.15) is 0 Å². The topological polar surface area (TPSA) is 69.7 Å². The SMILES string of the molecule is CC1CCN(c2ccc([C@@H](C)NC(=O)CCCN(c3ccc(F)c(F)c3)S(C)(=O)=O)cc2)CC1. The number of amides is 1. The lowest BCUT2D eigenvalue weighted by Gasteiger charge is -2.32. The Labute approximate surface area is 201 Å². The van der Waals surface area contributed by atoms with Crippen molar-refractivity contribution in [3.8, 4) is 0 Å². The molecule has 1 atom stereocenters. The smallest absolute Gasteiger partial charge is 0.232 e. The molecule has 1 aliphatic rings. The molecule has 186 valence electrons. The minimum absolute atomic E-state index is 0.0190. The van der Waals surface area contributed by atoms with Crippen LogP contribution in [0.2, 0.25) is 0 Å². The summed E-state index contributed by atoms with van der Waals surface area (Å²) in [5.41, 5.74) is 2.20. The van der Waals surface area contributed by atoms with Crippen LogP contribution in [0.15, 0.2) is 42.5 Å². The molecule has 1 N–H and O–H groups in total. The van der Waals surface area contributed by atoms with Crippen molar-refractivity contribution in [2.45, 2.75) is 45.6 Å². The van der Waals surface area contributed by atoms with E-state index < -0.39 is 21.7 Å². The third kappa shape index (κ3) is 6.91. The first-order valence-corrected chi connectivity index (χ1v) is 13.5. The number of anilines is 2. The van der Waals surface area contributed by atoms with Crippen LogP contribution >= 0.6 is 0 Å². The van der Waals surface area contributed by atoms with Gasteiger partial charge in [-0.15, -0.1) is 0 Å². The molecule has 0 bridgehead atoms. The molecule has 0 unspecified atom stereocenters. The van der Waals surface area contributed by atoms with Crippen molar-refractivity contribution >= 4 is 27.3 Å². The van der Waals surface area contributed by atoms with Crippen LogP contribution in [0, 0.1) is 17.6 Å². The molecule has 3 rings (SSSR count). The summed E-state index contributed by atoms with van der Waals surface area (Å²) in [7, 11) is -3.72. The lowest BCUT2D eigenvalue weighted by molar-refractivity contribution is -0.121. The standard InChI is InChI=1S/C25H33F2N3O3S/c1-18-12-15-29(16-13-18)21-8-6-20(7-9-21)19(2)28-25(31)5-4-14-30(34(3,32)33)22-10-11-23(26)24(27)17-22/h6-11,17-19H,4-5,12-16H2,1-3H3,(H,28,31)/t19-/m1/s1. The Balaban J connectivity index is 1.52. The van der Waals surface area contributed by atoms with Gasteiger partial charge in [0.1, 0.15) is 0 Å². The molecule has 2 aromatic carbocycles. The molecule has 1 amide bonds. The van der Waals surface area contributed by atoms with E-state index in [0.29, 0.717) is 0 Å². The number of nitrogens with zero attached hydrogens (tertiary/aromatic N) is 2. The fourth-order valence-electron chi connectivity index (χ4n) is 4.15. The third-order valence-electron chi connectivity index (χ3n) is 6.28. The van der Waals surface area contributed by atoms with E-state index in [2.05, 4.69) is 29.3 Å². The molecule has 1 fully saturated rings. The second-order valence-corrected chi connectivity index (χ2v) is 11.0. The summed E-state index contributed by atoms with van der Waals surface area (Å²) in [4.78, 5) is 14.8. The average Bonchev–Trinajstić information content (AvgIpc) is 2.78. The Morgan fingerprint density at radius 2 is 1.76 bits per heavy atom. The summed E-state index contributed by atoms with van der Waals surface area (Å²) in [6.45, 7) is 6.28. The Kier molecular flexibility index (Phi) is 8.52. The van der Waals surface area contributed by atoms with Crippen molar-refractivity contribution in [1.82, 2.24) is 5.32 Å². The molecule has 1 heterocycles. The van der Waals surface area contributed by atoms with E-state index in [9.17, 15) is 22.0 Å². The second kappa shape index (κ2) is 11.2. The van der Waals surface area contributed by atoms with E-state index in [-0.39, 0.29) is 37.0 Å². The van der Waals surface area contributed by atoms with E-state index in [1.54, 1.807) is 0 Å². The number of hydrogen-bond donors (Lipinski definition) is 1. The summed E-state index contributed by atoms with van der Waals surface area (Å²) >= 11 is 0. The first-order chi connectivity index (χ1) is 16.0. The number of rotatable bonds is 9. The maximum Gasteiger partial charge on any atom is 0.232 e. The quantitative estimate of drug-likeness (QED) is 0.553. The van der Waals surface area contributed by atoms with Crippen LogP contribution in [0.25, 0.3) is 0 Å². The predicted octanol–water partition coefficient (Wildman–Crippen LogP) is 4.62. The van der Waals surface area contributed by atoms with Crippen molar-refractivity contribution in [2.24, 2.45) is 5.92 Å². The Morgan fingerprint density at radius 1 is 1.12 bits per heavy atom. The first-order valence-electron chi connectivity index (χ1n) is 11.6. The molecule has 0 saturated carbocycles. The fourth-order valence-corrected chi connectivity index (χ4v) is 5.10. The summed E-state index contributed by atoms with van der Waals surface area (Å²) < 4.78 is 52.0. The van der Waals surface area contributed by atoms with Crippen LogP contribution in [0.5, 0.6) is 0 Å². The Morgan fingerprint density at radius 3 is 2.35 bits per heavy atom. The molecule has 0 aromatic heterocycles. The zero-order valence-corrected chi connectivity index (χ0v) is 20.7. The van der Waals surface area contributed by atoms with Crippen molar-refractivity contribution in [2.75, 3.05) is 35.1 Å². The first kappa shape index (κ1) is 25.9. The molecule has 6 nitrogen and oxygen atoms in total. The summed E-state index contributed by atoms with van der Waals surface area (Å²) in [6.07, 6.45) is 3.72. The van der Waals surface area contributed by atoms with E-state index in [4.69, 9.17) is 0 Å². The number of nitrogens with one attached hydrogen (secondary N) is 1. The van der Waals surface area contributed by atoms with Gasteiger partial charge in [0, 0.05) is 37.8 Å². The minimum Gasteiger partial charge on any atom is -0.372 e. The van der Waals surface area contributed by atoms with Crippen molar-refractivity contribution in [3.05, 3.63) is 59.7 Å². The van der Waals surface area contributed by atoms with E-state index in [0.717, 1.165) is 47.3 Å². The van der Waals surface area contributed by atoms with Crippen LogP contribution in [0.1, 0.15) is 51.1 Å². The van der Waals surface area contributed by atoms with Gasteiger partial charge in [0.2, 0.25) is 15.9 Å². The zero-order valence-electron chi connectivity index (χ0n) is 19.9. The average molecular weight is 494 g/mol. The fraction of sp³-hybridized carbons (Fsp3) is 0.480. The molecule has 2 aromatic rings. The number of halogens is 2. The normalized spacial score (nSPS) is 15.7. The van der Waals surface area contributed by atoms with Crippen LogP contribution in [0.4, 0.5) is 20.2 Å². The molecule has 0 aliphatic carbocycles. The highest BCUT2D eigenvalue weighted by Gasteiger charge is 2.20. The van der Waals surface area contributed by atoms with Crippen LogP contribution < -0.4 is 14.5 Å².